The summed E-state index contributed by atoms with van der Waals surface area (Å²) in [5.41, 5.74) is 1.85. The molecule has 10 nitrogen and oxygen atoms in total. The molecule has 0 spiro atoms. The van der Waals surface area contributed by atoms with Crippen LogP contribution >= 0.6 is 11.6 Å². The predicted molar refractivity (Wildman–Crippen MR) is 168 cm³/mol. The summed E-state index contributed by atoms with van der Waals surface area (Å²) in [6.45, 7) is 7.62. The number of pyridine rings is 2. The Bertz CT molecular complexity index is 2080. The zero-order valence-corrected chi connectivity index (χ0v) is 24.7. The highest BCUT2D eigenvalue weighted by atomic mass is 35.5. The second-order valence-corrected chi connectivity index (χ2v) is 11.4. The fraction of sp³-hybridized carbons (Fsp3) is 0.188. The highest BCUT2D eigenvalue weighted by Gasteiger charge is 2.24. The van der Waals surface area contributed by atoms with Crippen LogP contribution in [-0.2, 0) is 0 Å². The summed E-state index contributed by atoms with van der Waals surface area (Å²) in [5.74, 6) is 0.325. The van der Waals surface area contributed by atoms with Gasteiger partial charge in [-0.15, -0.1) is 0 Å². The first-order chi connectivity index (χ1) is 20.6. The number of aromatic nitrogens is 6. The molecule has 216 valence electrons. The average Bonchev–Trinajstić information content (AvgIpc) is 2.98. The summed E-state index contributed by atoms with van der Waals surface area (Å²) in [6.07, 6.45) is 6.18. The molecule has 0 radical (unpaired) electrons. The van der Waals surface area contributed by atoms with Gasteiger partial charge in [0.25, 0.3) is 5.56 Å². The van der Waals surface area contributed by atoms with Gasteiger partial charge in [-0.2, -0.15) is 0 Å². The third kappa shape index (κ3) is 5.32. The van der Waals surface area contributed by atoms with Gasteiger partial charge in [0.2, 0.25) is 0 Å². The summed E-state index contributed by atoms with van der Waals surface area (Å²) in [4.78, 5) is 47.5. The van der Waals surface area contributed by atoms with Crippen molar-refractivity contribution >= 4 is 39.2 Å². The van der Waals surface area contributed by atoms with Crippen molar-refractivity contribution in [3.05, 3.63) is 111 Å². The number of nitrogens with one attached hydrogen (secondary N) is 2. The van der Waals surface area contributed by atoms with E-state index in [1.165, 1.54) is 18.6 Å². The molecule has 0 aliphatic rings. The van der Waals surface area contributed by atoms with Gasteiger partial charge < -0.3 is 15.0 Å². The van der Waals surface area contributed by atoms with Gasteiger partial charge >= 0.3 is 6.01 Å². The smallest absolute Gasteiger partial charge is 0.316 e. The first-order valence-electron chi connectivity index (χ1n) is 13.7. The number of halogens is 1. The molecule has 43 heavy (non-hydrogen) atoms. The van der Waals surface area contributed by atoms with E-state index in [2.05, 4.69) is 30.2 Å². The molecule has 0 aliphatic carbocycles. The lowest BCUT2D eigenvalue weighted by Gasteiger charge is -2.24. The Morgan fingerprint density at radius 2 is 1.67 bits per heavy atom. The number of anilines is 1. The van der Waals surface area contributed by atoms with Gasteiger partial charge in [-0.3, -0.25) is 14.2 Å². The molecule has 4 aromatic heterocycles. The van der Waals surface area contributed by atoms with Crippen LogP contribution in [0.15, 0.2) is 89.1 Å². The Kier molecular flexibility index (Phi) is 7.15. The van der Waals surface area contributed by atoms with E-state index in [0.29, 0.717) is 55.2 Å². The van der Waals surface area contributed by atoms with Crippen molar-refractivity contribution in [2.75, 3.05) is 5.32 Å². The number of hydrogen-bond donors (Lipinski definition) is 2. The van der Waals surface area contributed by atoms with Gasteiger partial charge in [-0.05, 0) is 45.4 Å². The van der Waals surface area contributed by atoms with Crippen LogP contribution in [0.5, 0.6) is 6.01 Å². The number of para-hydroxylation sites is 1. The van der Waals surface area contributed by atoms with Gasteiger partial charge in [0.1, 0.15) is 28.8 Å². The van der Waals surface area contributed by atoms with E-state index < -0.39 is 11.6 Å². The van der Waals surface area contributed by atoms with E-state index in [-0.39, 0.29) is 17.0 Å². The Labute approximate surface area is 251 Å². The molecule has 0 unspecified atom stereocenters. The van der Waals surface area contributed by atoms with Crippen LogP contribution in [0.1, 0.15) is 39.4 Å². The van der Waals surface area contributed by atoms with E-state index in [1.54, 1.807) is 17.0 Å². The summed E-state index contributed by atoms with van der Waals surface area (Å²) in [5, 5.41) is 4.98. The molecule has 0 aliphatic heterocycles. The molecule has 0 amide bonds. The third-order valence-corrected chi connectivity index (χ3v) is 7.24. The van der Waals surface area contributed by atoms with Crippen LogP contribution in [0.2, 0.25) is 5.02 Å². The lowest BCUT2D eigenvalue weighted by atomic mass is 9.99. The molecule has 0 saturated carbocycles. The minimum absolute atomic E-state index is 0.236. The molecule has 2 N–H and O–H groups in total. The van der Waals surface area contributed by atoms with Crippen molar-refractivity contribution < 1.29 is 4.74 Å². The first-order valence-corrected chi connectivity index (χ1v) is 14.0. The number of nitrogens with zero attached hydrogens (tertiary/aromatic N) is 5. The maximum Gasteiger partial charge on any atom is 0.316 e. The number of fused-ring (bicyclic) bond motifs is 2. The average molecular weight is 594 g/mol. The summed E-state index contributed by atoms with van der Waals surface area (Å²) in [6, 6.07) is 15.9. The SMILES string of the molecule is C[C@H](Nc1ncnc2[nH]ccc(=O)c12)c1c(Cl)c2cccc(-c3cnc(OC(C)(C)C)nc3)c2c(=O)n1-c1ccccc1. The maximum absolute atomic E-state index is 14.5. The summed E-state index contributed by atoms with van der Waals surface area (Å²) >= 11 is 7.18. The minimum atomic E-state index is -0.552. The number of hydrogen-bond acceptors (Lipinski definition) is 8. The van der Waals surface area contributed by atoms with Crippen molar-refractivity contribution in [3.63, 3.8) is 0 Å². The Balaban J connectivity index is 1.55. The molecule has 11 heteroatoms. The molecular formula is C32H28ClN7O3. The quantitative estimate of drug-likeness (QED) is 0.238. The first kappa shape index (κ1) is 28.0. The zero-order chi connectivity index (χ0) is 30.3. The Morgan fingerprint density at radius 1 is 0.930 bits per heavy atom. The van der Waals surface area contributed by atoms with Crippen molar-refractivity contribution in [1.82, 2.24) is 29.5 Å². The van der Waals surface area contributed by atoms with Gasteiger partial charge in [0.05, 0.1) is 22.1 Å². The molecule has 2 aromatic carbocycles. The van der Waals surface area contributed by atoms with Crippen LogP contribution in [0.4, 0.5) is 5.82 Å². The zero-order valence-electron chi connectivity index (χ0n) is 23.9. The maximum atomic E-state index is 14.5. The molecule has 6 rings (SSSR count). The van der Waals surface area contributed by atoms with Gasteiger partial charge in [0, 0.05) is 41.3 Å². The molecule has 0 bridgehead atoms. The third-order valence-electron chi connectivity index (χ3n) is 6.85. The van der Waals surface area contributed by atoms with Gasteiger partial charge in [0.15, 0.2) is 5.43 Å². The van der Waals surface area contributed by atoms with E-state index in [0.717, 1.165) is 0 Å². The largest absolute Gasteiger partial charge is 0.458 e. The van der Waals surface area contributed by atoms with Crippen molar-refractivity contribution in [2.24, 2.45) is 0 Å². The molecule has 0 fully saturated rings. The molecular weight excluding hydrogens is 566 g/mol. The van der Waals surface area contributed by atoms with E-state index >= 15 is 0 Å². The highest BCUT2D eigenvalue weighted by Crippen LogP contribution is 2.36. The number of benzene rings is 2. The van der Waals surface area contributed by atoms with Crippen molar-refractivity contribution in [3.8, 4) is 22.8 Å². The molecule has 6 aromatic rings. The second-order valence-electron chi connectivity index (χ2n) is 11.0. The lowest BCUT2D eigenvalue weighted by Crippen LogP contribution is -2.27. The molecule has 0 saturated heterocycles. The number of aromatic amines is 1. The van der Waals surface area contributed by atoms with Crippen LogP contribution in [0.25, 0.3) is 38.6 Å². The summed E-state index contributed by atoms with van der Waals surface area (Å²) < 4.78 is 7.37. The lowest BCUT2D eigenvalue weighted by molar-refractivity contribution is 0.117. The van der Waals surface area contributed by atoms with Crippen LogP contribution in [0.3, 0.4) is 0 Å². The standard InChI is InChI=1S/C32H28ClN7O3/c1-18(39-29-25-23(41)13-14-34-28(25)37-17-38-29)27-26(33)22-12-8-11-21(19-15-35-31(36-16-19)43-32(2,3)4)24(22)30(42)40(27)20-9-6-5-7-10-20/h5-18H,1-4H3,(H2,34,37,38,39,41)/t18-/m0/s1. The summed E-state index contributed by atoms with van der Waals surface area (Å²) in [7, 11) is 0. The monoisotopic (exact) mass is 593 g/mol. The molecule has 4 heterocycles. The van der Waals surface area contributed by atoms with Crippen molar-refractivity contribution in [2.45, 2.75) is 39.3 Å². The van der Waals surface area contributed by atoms with E-state index in [4.69, 9.17) is 16.3 Å². The molecule has 1 atom stereocenters. The Morgan fingerprint density at radius 3 is 2.40 bits per heavy atom. The van der Waals surface area contributed by atoms with E-state index in [9.17, 15) is 9.59 Å². The fourth-order valence-electron chi connectivity index (χ4n) is 5.05. The van der Waals surface area contributed by atoms with Crippen LogP contribution in [-0.4, -0.2) is 35.1 Å². The number of H-pyrrole nitrogens is 1. The normalized spacial score (nSPS) is 12.4. The highest BCUT2D eigenvalue weighted by molar-refractivity contribution is 6.36. The minimum Gasteiger partial charge on any atom is -0.458 e. The predicted octanol–water partition coefficient (Wildman–Crippen LogP) is 6.08. The van der Waals surface area contributed by atoms with Crippen LogP contribution in [0, 0.1) is 0 Å². The van der Waals surface area contributed by atoms with Gasteiger partial charge in [-0.1, -0.05) is 48.0 Å². The topological polar surface area (TPSA) is 128 Å². The number of rotatable bonds is 6. The number of ether oxygens (including phenoxy) is 1. The van der Waals surface area contributed by atoms with Crippen LogP contribution < -0.4 is 21.0 Å². The van der Waals surface area contributed by atoms with Gasteiger partial charge in [-0.25, -0.2) is 19.9 Å². The Hall–Kier alpha value is -5.09. The van der Waals surface area contributed by atoms with E-state index in [1.807, 2.05) is 76.2 Å². The van der Waals surface area contributed by atoms with Crippen molar-refractivity contribution in [1.29, 1.82) is 0 Å². The fourth-order valence-corrected chi connectivity index (χ4v) is 5.46. The second kappa shape index (κ2) is 11.0.